The summed E-state index contributed by atoms with van der Waals surface area (Å²) in [5.74, 6) is 0.171. The van der Waals surface area contributed by atoms with E-state index in [1.54, 1.807) is 12.1 Å². The van der Waals surface area contributed by atoms with Crippen LogP contribution in [0.3, 0.4) is 0 Å². The highest BCUT2D eigenvalue weighted by molar-refractivity contribution is 9.10. The van der Waals surface area contributed by atoms with Gasteiger partial charge in [0.25, 0.3) is 0 Å². The molecule has 3 rings (SSSR count). The lowest BCUT2D eigenvalue weighted by Crippen LogP contribution is -2.21. The quantitative estimate of drug-likeness (QED) is 0.430. The lowest BCUT2D eigenvalue weighted by molar-refractivity contribution is -0.143. The molecule has 1 heterocycles. The Morgan fingerprint density at radius 2 is 1.57 bits per heavy atom. The molecule has 0 aliphatic carbocycles. The van der Waals surface area contributed by atoms with Crippen molar-refractivity contribution in [2.75, 3.05) is 10.6 Å². The van der Waals surface area contributed by atoms with E-state index < -0.39 is 35.2 Å². The number of H-pyrrole nitrogens is 1. The molecule has 0 aliphatic rings. The Balaban J connectivity index is 1.89. The lowest BCUT2D eigenvalue weighted by atomic mass is 10.1. The summed E-state index contributed by atoms with van der Waals surface area (Å²) in [5.41, 5.74) is -3.31. The number of hydrogen-bond donors (Lipinski definition) is 3. The van der Waals surface area contributed by atoms with Gasteiger partial charge in [0, 0.05) is 15.7 Å². The fraction of sp³-hybridized carbons (Fsp3) is 0.125. The number of aromatic nitrogens is 4. The van der Waals surface area contributed by atoms with Crippen LogP contribution in [0.1, 0.15) is 11.1 Å². The fourth-order valence-corrected chi connectivity index (χ4v) is 2.77. The van der Waals surface area contributed by atoms with Gasteiger partial charge in [-0.15, -0.1) is 5.10 Å². The van der Waals surface area contributed by atoms with E-state index in [1.807, 2.05) is 5.32 Å². The van der Waals surface area contributed by atoms with Gasteiger partial charge in [0.15, 0.2) is 5.82 Å². The van der Waals surface area contributed by atoms with Crippen molar-refractivity contribution in [3.05, 3.63) is 52.0 Å². The molecule has 0 aliphatic heterocycles. The van der Waals surface area contributed by atoms with Crippen molar-refractivity contribution in [3.63, 3.8) is 0 Å². The van der Waals surface area contributed by atoms with Gasteiger partial charge < -0.3 is 10.6 Å². The summed E-state index contributed by atoms with van der Waals surface area (Å²) in [6.45, 7) is 0. The van der Waals surface area contributed by atoms with Crippen LogP contribution in [0.2, 0.25) is 0 Å². The summed E-state index contributed by atoms with van der Waals surface area (Å²) in [7, 11) is 0. The van der Waals surface area contributed by atoms with Crippen molar-refractivity contribution >= 4 is 33.3 Å². The summed E-state index contributed by atoms with van der Waals surface area (Å²) in [4.78, 5) is 12.3. The van der Waals surface area contributed by atoms with Crippen LogP contribution in [0.5, 0.6) is 0 Å². The first-order valence-electron chi connectivity index (χ1n) is 7.84. The Morgan fingerprint density at radius 3 is 2.10 bits per heavy atom. The lowest BCUT2D eigenvalue weighted by Gasteiger charge is -2.15. The molecular formula is C16H9BrF6N6O. The third kappa shape index (κ3) is 5.06. The number of urea groups is 1. The molecule has 0 unspecified atom stereocenters. The number of tetrazole rings is 1. The molecule has 158 valence electrons. The molecule has 2 amide bonds. The minimum atomic E-state index is -5.04. The van der Waals surface area contributed by atoms with E-state index in [-0.39, 0.29) is 17.6 Å². The molecule has 0 spiro atoms. The highest BCUT2D eigenvalue weighted by Crippen LogP contribution is 2.37. The number of aromatic amines is 1. The van der Waals surface area contributed by atoms with Crippen LogP contribution >= 0.6 is 15.9 Å². The SMILES string of the molecule is O=C(Nc1cc(C(F)(F)F)cc(C(F)(F)F)c1)Nc1ccc(Br)cc1-c1nnn[nH]1. The molecule has 0 fully saturated rings. The van der Waals surface area contributed by atoms with Crippen LogP contribution in [0, 0.1) is 0 Å². The van der Waals surface area contributed by atoms with Crippen LogP contribution in [-0.4, -0.2) is 26.7 Å². The summed E-state index contributed by atoms with van der Waals surface area (Å²) in [5, 5.41) is 17.3. The molecule has 14 heteroatoms. The molecule has 0 saturated carbocycles. The number of halogens is 7. The third-order valence-electron chi connectivity index (χ3n) is 3.68. The van der Waals surface area contributed by atoms with Crippen LogP contribution in [0.15, 0.2) is 40.9 Å². The van der Waals surface area contributed by atoms with E-state index in [1.165, 1.54) is 6.07 Å². The third-order valence-corrected chi connectivity index (χ3v) is 4.17. The molecular weight excluding hydrogens is 486 g/mol. The summed E-state index contributed by atoms with van der Waals surface area (Å²) < 4.78 is 78.3. The largest absolute Gasteiger partial charge is 0.416 e. The Kier molecular flexibility index (Phi) is 5.70. The smallest absolute Gasteiger partial charge is 0.308 e. The molecule has 30 heavy (non-hydrogen) atoms. The van der Waals surface area contributed by atoms with Crippen molar-refractivity contribution in [1.29, 1.82) is 0 Å². The number of benzene rings is 2. The zero-order valence-electron chi connectivity index (χ0n) is 14.4. The fourth-order valence-electron chi connectivity index (χ4n) is 2.41. The van der Waals surface area contributed by atoms with Gasteiger partial charge in [0.2, 0.25) is 0 Å². The molecule has 2 aromatic carbocycles. The van der Waals surface area contributed by atoms with Crippen molar-refractivity contribution in [2.24, 2.45) is 0 Å². The van der Waals surface area contributed by atoms with Crippen molar-refractivity contribution in [3.8, 4) is 11.4 Å². The maximum atomic E-state index is 12.9. The van der Waals surface area contributed by atoms with E-state index in [9.17, 15) is 31.1 Å². The van der Waals surface area contributed by atoms with E-state index in [0.717, 1.165) is 0 Å². The maximum Gasteiger partial charge on any atom is 0.416 e. The molecule has 3 N–H and O–H groups in total. The van der Waals surface area contributed by atoms with Crippen LogP contribution in [0.4, 0.5) is 42.5 Å². The van der Waals surface area contributed by atoms with Gasteiger partial charge >= 0.3 is 18.4 Å². The van der Waals surface area contributed by atoms with Crippen LogP contribution in [0.25, 0.3) is 11.4 Å². The van der Waals surface area contributed by atoms with Gasteiger partial charge in [0.1, 0.15) is 0 Å². The topological polar surface area (TPSA) is 95.6 Å². The molecule has 0 radical (unpaired) electrons. The van der Waals surface area contributed by atoms with Gasteiger partial charge in [0.05, 0.1) is 16.8 Å². The van der Waals surface area contributed by atoms with Crippen molar-refractivity contribution in [2.45, 2.75) is 12.4 Å². The molecule has 0 atom stereocenters. The van der Waals surface area contributed by atoms with Gasteiger partial charge in [-0.3, -0.25) is 0 Å². The number of hydrogen-bond acceptors (Lipinski definition) is 4. The number of nitrogens with zero attached hydrogens (tertiary/aromatic N) is 3. The van der Waals surface area contributed by atoms with E-state index in [0.29, 0.717) is 22.2 Å². The van der Waals surface area contributed by atoms with Crippen molar-refractivity contribution in [1.82, 2.24) is 20.6 Å². The van der Waals surface area contributed by atoms with Crippen LogP contribution < -0.4 is 10.6 Å². The van der Waals surface area contributed by atoms with E-state index in [2.05, 4.69) is 41.9 Å². The first kappa shape index (κ1) is 21.5. The Hall–Kier alpha value is -3.16. The summed E-state index contributed by atoms with van der Waals surface area (Å²) >= 11 is 3.23. The number of nitrogens with one attached hydrogen (secondary N) is 3. The molecule has 0 saturated heterocycles. The van der Waals surface area contributed by atoms with Crippen LogP contribution in [-0.2, 0) is 12.4 Å². The average molecular weight is 495 g/mol. The zero-order chi connectivity index (χ0) is 22.1. The maximum absolute atomic E-state index is 12.9. The second-order valence-corrected chi connectivity index (χ2v) is 6.73. The highest BCUT2D eigenvalue weighted by Gasteiger charge is 2.37. The number of amides is 2. The Morgan fingerprint density at radius 1 is 0.933 bits per heavy atom. The molecule has 7 nitrogen and oxygen atoms in total. The molecule has 0 bridgehead atoms. The standard InChI is InChI=1S/C16H9BrF6N6O/c17-9-1-2-12(11(6-9)13-26-28-29-27-13)25-14(30)24-10-4-7(15(18,19)20)3-8(5-10)16(21,22)23/h1-6H,(H2,24,25,30)(H,26,27,28,29). The van der Waals surface area contributed by atoms with E-state index in [4.69, 9.17) is 0 Å². The predicted octanol–water partition coefficient (Wildman–Crippen LogP) is 5.31. The zero-order valence-corrected chi connectivity index (χ0v) is 15.9. The Labute approximate surface area is 172 Å². The first-order valence-corrected chi connectivity index (χ1v) is 8.64. The Bertz CT molecular complexity index is 1030. The van der Waals surface area contributed by atoms with Gasteiger partial charge in [-0.2, -0.15) is 26.3 Å². The van der Waals surface area contributed by atoms with Crippen molar-refractivity contribution < 1.29 is 31.1 Å². The van der Waals surface area contributed by atoms with Gasteiger partial charge in [-0.1, -0.05) is 15.9 Å². The second kappa shape index (κ2) is 7.93. The number of alkyl halides is 6. The number of anilines is 2. The predicted molar refractivity (Wildman–Crippen MR) is 96.4 cm³/mol. The average Bonchev–Trinajstić information content (AvgIpc) is 3.16. The highest BCUT2D eigenvalue weighted by atomic mass is 79.9. The summed E-state index contributed by atoms with van der Waals surface area (Å²) in [6, 6.07) is 4.23. The van der Waals surface area contributed by atoms with Gasteiger partial charge in [-0.05, 0) is 46.8 Å². The van der Waals surface area contributed by atoms with E-state index >= 15 is 0 Å². The number of carbonyl (C=O) groups excluding carboxylic acids is 1. The minimum absolute atomic E-state index is 0.0349. The number of rotatable bonds is 3. The number of carbonyl (C=O) groups is 1. The monoisotopic (exact) mass is 494 g/mol. The minimum Gasteiger partial charge on any atom is -0.308 e. The molecule has 1 aromatic heterocycles. The normalized spacial score (nSPS) is 12.0. The molecule has 3 aromatic rings. The first-order chi connectivity index (χ1) is 13.9. The van der Waals surface area contributed by atoms with Gasteiger partial charge in [-0.25, -0.2) is 9.89 Å². The second-order valence-electron chi connectivity index (χ2n) is 5.81. The summed E-state index contributed by atoms with van der Waals surface area (Å²) in [6.07, 6.45) is -10.1.